The van der Waals surface area contributed by atoms with Gasteiger partial charge in [-0.2, -0.15) is 16.1 Å². The SMILES string of the molecule is O=C(c1sccc1S(=O)(=O)N1CCSCC1)N1CCCNCC1. The average Bonchev–Trinajstić information content (AvgIpc) is 2.91. The molecule has 3 heterocycles. The lowest BCUT2D eigenvalue weighted by atomic mass is 10.3. The molecule has 0 saturated carbocycles. The molecular formula is C14H21N3O3S3. The Morgan fingerprint density at radius 3 is 2.70 bits per heavy atom. The van der Waals surface area contributed by atoms with Crippen LogP contribution in [0.3, 0.4) is 0 Å². The van der Waals surface area contributed by atoms with E-state index in [2.05, 4.69) is 5.32 Å². The molecular weight excluding hydrogens is 354 g/mol. The minimum absolute atomic E-state index is 0.159. The van der Waals surface area contributed by atoms with E-state index in [-0.39, 0.29) is 10.8 Å². The number of nitrogens with one attached hydrogen (secondary N) is 1. The quantitative estimate of drug-likeness (QED) is 0.851. The summed E-state index contributed by atoms with van der Waals surface area (Å²) >= 11 is 2.99. The van der Waals surface area contributed by atoms with Crippen LogP contribution in [0.15, 0.2) is 16.3 Å². The summed E-state index contributed by atoms with van der Waals surface area (Å²) in [7, 11) is -3.57. The van der Waals surface area contributed by atoms with Crippen molar-refractivity contribution in [2.45, 2.75) is 11.3 Å². The van der Waals surface area contributed by atoms with E-state index in [1.54, 1.807) is 28.1 Å². The van der Waals surface area contributed by atoms with Crippen LogP contribution < -0.4 is 5.32 Å². The molecule has 0 spiro atoms. The normalized spacial score (nSPS) is 21.1. The highest BCUT2D eigenvalue weighted by atomic mass is 32.2. The fraction of sp³-hybridized carbons (Fsp3) is 0.643. The molecule has 9 heteroatoms. The van der Waals surface area contributed by atoms with Crippen molar-refractivity contribution in [3.8, 4) is 0 Å². The van der Waals surface area contributed by atoms with Crippen LogP contribution in [0.4, 0.5) is 0 Å². The lowest BCUT2D eigenvalue weighted by molar-refractivity contribution is 0.0767. The number of thiophene rings is 1. The Bertz CT molecular complexity index is 645. The number of nitrogens with zero attached hydrogens (tertiary/aromatic N) is 2. The first kappa shape index (κ1) is 17.2. The Morgan fingerprint density at radius 1 is 1.13 bits per heavy atom. The van der Waals surface area contributed by atoms with E-state index in [4.69, 9.17) is 0 Å². The summed E-state index contributed by atoms with van der Waals surface area (Å²) in [4.78, 5) is 15.1. The highest BCUT2D eigenvalue weighted by Gasteiger charge is 2.32. The van der Waals surface area contributed by atoms with Crippen molar-refractivity contribution in [1.29, 1.82) is 0 Å². The van der Waals surface area contributed by atoms with Crippen molar-refractivity contribution in [1.82, 2.24) is 14.5 Å². The van der Waals surface area contributed by atoms with E-state index in [0.717, 1.165) is 31.0 Å². The van der Waals surface area contributed by atoms with Gasteiger partial charge in [-0.1, -0.05) is 0 Å². The molecule has 6 nitrogen and oxygen atoms in total. The number of thioether (sulfide) groups is 1. The molecule has 2 aliphatic rings. The first-order valence-electron chi connectivity index (χ1n) is 7.76. The summed E-state index contributed by atoms with van der Waals surface area (Å²) < 4.78 is 27.2. The van der Waals surface area contributed by atoms with Crippen molar-refractivity contribution in [3.63, 3.8) is 0 Å². The van der Waals surface area contributed by atoms with Crippen LogP contribution in [0.2, 0.25) is 0 Å². The molecule has 23 heavy (non-hydrogen) atoms. The molecule has 0 unspecified atom stereocenters. The van der Waals surface area contributed by atoms with Crippen molar-refractivity contribution >= 4 is 39.0 Å². The Hall–Kier alpha value is -0.610. The molecule has 1 aromatic heterocycles. The van der Waals surface area contributed by atoms with Crippen molar-refractivity contribution in [2.24, 2.45) is 0 Å². The molecule has 0 bridgehead atoms. The summed E-state index contributed by atoms with van der Waals surface area (Å²) in [5, 5.41) is 4.96. The largest absolute Gasteiger partial charge is 0.337 e. The molecule has 128 valence electrons. The van der Waals surface area contributed by atoms with Gasteiger partial charge in [0, 0.05) is 44.2 Å². The van der Waals surface area contributed by atoms with Crippen LogP contribution in [0, 0.1) is 0 Å². The van der Waals surface area contributed by atoms with E-state index in [1.165, 1.54) is 15.6 Å². The van der Waals surface area contributed by atoms with Crippen LogP contribution in [-0.2, 0) is 10.0 Å². The number of carbonyl (C=O) groups excluding carboxylic acids is 1. The van der Waals surface area contributed by atoms with Gasteiger partial charge < -0.3 is 10.2 Å². The molecule has 1 N–H and O–H groups in total. The Kier molecular flexibility index (Phi) is 5.63. The lowest BCUT2D eigenvalue weighted by Crippen LogP contribution is -2.39. The Morgan fingerprint density at radius 2 is 1.91 bits per heavy atom. The third-order valence-electron chi connectivity index (χ3n) is 4.04. The van der Waals surface area contributed by atoms with Crippen LogP contribution in [0.5, 0.6) is 0 Å². The topological polar surface area (TPSA) is 69.7 Å². The zero-order valence-electron chi connectivity index (χ0n) is 12.9. The molecule has 3 rings (SSSR count). The van der Waals surface area contributed by atoms with Gasteiger partial charge in [0.05, 0.1) is 0 Å². The van der Waals surface area contributed by atoms with E-state index >= 15 is 0 Å². The minimum atomic E-state index is -3.57. The molecule has 0 aliphatic carbocycles. The number of hydrogen-bond acceptors (Lipinski definition) is 6. The van der Waals surface area contributed by atoms with Gasteiger partial charge in [-0.25, -0.2) is 8.42 Å². The fourth-order valence-corrected chi connectivity index (χ4v) is 6.71. The third-order valence-corrected chi connectivity index (χ3v) is 7.95. The van der Waals surface area contributed by atoms with Crippen molar-refractivity contribution < 1.29 is 13.2 Å². The second kappa shape index (κ2) is 7.52. The predicted octanol–water partition coefficient (Wildman–Crippen LogP) is 0.921. The van der Waals surface area contributed by atoms with E-state index < -0.39 is 10.0 Å². The van der Waals surface area contributed by atoms with Crippen LogP contribution >= 0.6 is 23.1 Å². The highest BCUT2D eigenvalue weighted by molar-refractivity contribution is 7.99. The van der Waals surface area contributed by atoms with Crippen LogP contribution in [-0.4, -0.2) is 74.3 Å². The van der Waals surface area contributed by atoms with Crippen LogP contribution in [0.1, 0.15) is 16.1 Å². The van der Waals surface area contributed by atoms with Gasteiger partial charge in [-0.3, -0.25) is 4.79 Å². The predicted molar refractivity (Wildman–Crippen MR) is 93.8 cm³/mol. The highest BCUT2D eigenvalue weighted by Crippen LogP contribution is 2.28. The second-order valence-corrected chi connectivity index (χ2v) is 9.57. The molecule has 1 amide bonds. The number of carbonyl (C=O) groups is 1. The van der Waals surface area contributed by atoms with E-state index in [9.17, 15) is 13.2 Å². The van der Waals surface area contributed by atoms with Crippen molar-refractivity contribution in [3.05, 3.63) is 16.3 Å². The van der Waals surface area contributed by atoms with Crippen molar-refractivity contribution in [2.75, 3.05) is 50.8 Å². The maximum absolute atomic E-state index is 12.9. The van der Waals surface area contributed by atoms with Crippen LogP contribution in [0.25, 0.3) is 0 Å². The third kappa shape index (κ3) is 3.74. The molecule has 0 atom stereocenters. The zero-order valence-corrected chi connectivity index (χ0v) is 15.3. The van der Waals surface area contributed by atoms with E-state index in [1.807, 2.05) is 0 Å². The van der Waals surface area contributed by atoms with Gasteiger partial charge in [-0.05, 0) is 24.4 Å². The van der Waals surface area contributed by atoms with Gasteiger partial charge in [0.15, 0.2) is 0 Å². The first-order chi connectivity index (χ1) is 11.1. The van der Waals surface area contributed by atoms with E-state index in [0.29, 0.717) is 31.1 Å². The molecule has 0 aromatic carbocycles. The number of rotatable bonds is 3. The molecule has 2 fully saturated rings. The summed E-state index contributed by atoms with van der Waals surface area (Å²) in [6, 6.07) is 1.57. The maximum atomic E-state index is 12.9. The van der Waals surface area contributed by atoms with Gasteiger partial charge in [0.25, 0.3) is 5.91 Å². The second-order valence-electron chi connectivity index (χ2n) is 5.53. The number of sulfonamides is 1. The Labute approximate surface area is 145 Å². The molecule has 2 saturated heterocycles. The van der Waals surface area contributed by atoms with Gasteiger partial charge in [-0.15, -0.1) is 11.3 Å². The number of amides is 1. The average molecular weight is 376 g/mol. The molecule has 0 radical (unpaired) electrons. The van der Waals surface area contributed by atoms with Gasteiger partial charge >= 0.3 is 0 Å². The molecule has 2 aliphatic heterocycles. The van der Waals surface area contributed by atoms with Gasteiger partial charge in [0.2, 0.25) is 10.0 Å². The Balaban J connectivity index is 1.84. The molecule has 1 aromatic rings. The summed E-state index contributed by atoms with van der Waals surface area (Å²) in [6.45, 7) is 3.97. The standard InChI is InChI=1S/C14H21N3O3S3/c18-14(16-5-1-3-15-4-6-16)13-12(2-9-22-13)23(19,20)17-7-10-21-11-8-17/h2,9,15H,1,3-8,10-11H2. The van der Waals surface area contributed by atoms with Gasteiger partial charge in [0.1, 0.15) is 9.77 Å². The summed E-state index contributed by atoms with van der Waals surface area (Å²) in [5.74, 6) is 1.46. The fourth-order valence-electron chi connectivity index (χ4n) is 2.78. The summed E-state index contributed by atoms with van der Waals surface area (Å²) in [6.07, 6.45) is 0.891. The monoisotopic (exact) mass is 375 g/mol. The maximum Gasteiger partial charge on any atom is 0.265 e. The zero-order chi connectivity index (χ0) is 16.3. The summed E-state index contributed by atoms with van der Waals surface area (Å²) in [5.41, 5.74) is 0. The minimum Gasteiger partial charge on any atom is -0.337 e. The first-order valence-corrected chi connectivity index (χ1v) is 11.2. The lowest BCUT2D eigenvalue weighted by Gasteiger charge is -2.26. The smallest absolute Gasteiger partial charge is 0.265 e. The number of hydrogen-bond donors (Lipinski definition) is 1.